The van der Waals surface area contributed by atoms with E-state index in [9.17, 15) is 18.4 Å². The molecule has 0 bridgehead atoms. The quantitative estimate of drug-likeness (QED) is 0.681. The molecular weight excluding hydrogens is 422 g/mol. The lowest BCUT2D eigenvalue weighted by molar-refractivity contribution is -0.122. The van der Waals surface area contributed by atoms with Gasteiger partial charge in [0.15, 0.2) is 17.3 Å². The zero-order valence-corrected chi connectivity index (χ0v) is 16.0. The number of rotatable bonds is 4. The van der Waals surface area contributed by atoms with Crippen molar-refractivity contribution in [1.82, 2.24) is 19.9 Å². The van der Waals surface area contributed by atoms with Crippen molar-refractivity contribution in [2.45, 2.75) is 26.4 Å². The van der Waals surface area contributed by atoms with Crippen molar-refractivity contribution in [1.29, 1.82) is 0 Å². The summed E-state index contributed by atoms with van der Waals surface area (Å²) in [6.07, 6.45) is 1.47. The molecular formula is C18H15BrF2N4O2. The summed E-state index contributed by atoms with van der Waals surface area (Å²) in [6.45, 7) is 3.26. The third-order valence-corrected chi connectivity index (χ3v) is 4.14. The molecule has 0 aliphatic heterocycles. The van der Waals surface area contributed by atoms with Crippen molar-refractivity contribution in [3.8, 4) is 11.4 Å². The number of amides is 1. The summed E-state index contributed by atoms with van der Waals surface area (Å²) in [7, 11) is 0. The molecule has 140 valence electrons. The Labute approximate surface area is 161 Å². The molecule has 2 heterocycles. The van der Waals surface area contributed by atoms with Gasteiger partial charge in [0, 0.05) is 22.3 Å². The summed E-state index contributed by atoms with van der Waals surface area (Å²) >= 11 is 3.25. The third-order valence-electron chi connectivity index (χ3n) is 3.71. The van der Waals surface area contributed by atoms with Gasteiger partial charge in [-0.25, -0.2) is 18.7 Å². The highest BCUT2D eigenvalue weighted by Gasteiger charge is 2.18. The highest BCUT2D eigenvalue weighted by atomic mass is 79.9. The minimum absolute atomic E-state index is 0.0279. The van der Waals surface area contributed by atoms with Crippen LogP contribution in [-0.2, 0) is 11.3 Å². The van der Waals surface area contributed by atoms with Gasteiger partial charge in [-0.15, -0.1) is 0 Å². The summed E-state index contributed by atoms with van der Waals surface area (Å²) in [4.78, 5) is 33.6. The lowest BCUT2D eigenvalue weighted by Crippen LogP contribution is -2.37. The number of pyridine rings is 1. The van der Waals surface area contributed by atoms with Crippen molar-refractivity contribution >= 4 is 32.9 Å². The molecule has 0 radical (unpaired) electrons. The van der Waals surface area contributed by atoms with Gasteiger partial charge >= 0.3 is 0 Å². The number of aromatic nitrogens is 3. The van der Waals surface area contributed by atoms with E-state index in [-0.39, 0.29) is 35.0 Å². The summed E-state index contributed by atoms with van der Waals surface area (Å²) in [6, 6.07) is 4.59. The Bertz CT molecular complexity index is 1100. The van der Waals surface area contributed by atoms with E-state index < -0.39 is 23.1 Å². The summed E-state index contributed by atoms with van der Waals surface area (Å²) in [5.41, 5.74) is -0.203. The van der Waals surface area contributed by atoms with Gasteiger partial charge in [0.25, 0.3) is 5.56 Å². The monoisotopic (exact) mass is 436 g/mol. The molecule has 27 heavy (non-hydrogen) atoms. The molecule has 0 saturated heterocycles. The number of hydrogen-bond donors (Lipinski definition) is 1. The van der Waals surface area contributed by atoms with Gasteiger partial charge in [-0.3, -0.25) is 14.2 Å². The Hall–Kier alpha value is -2.68. The lowest BCUT2D eigenvalue weighted by Gasteiger charge is -2.15. The molecule has 3 rings (SSSR count). The van der Waals surface area contributed by atoms with Gasteiger partial charge in [-0.2, -0.15) is 0 Å². The van der Waals surface area contributed by atoms with Crippen LogP contribution in [0.4, 0.5) is 8.78 Å². The van der Waals surface area contributed by atoms with Crippen LogP contribution in [0.25, 0.3) is 22.4 Å². The van der Waals surface area contributed by atoms with Crippen LogP contribution >= 0.6 is 15.9 Å². The van der Waals surface area contributed by atoms with Crippen molar-refractivity contribution < 1.29 is 13.6 Å². The Kier molecular flexibility index (Phi) is 5.31. The van der Waals surface area contributed by atoms with Crippen LogP contribution < -0.4 is 10.9 Å². The number of nitrogens with zero attached hydrogens (tertiary/aromatic N) is 3. The van der Waals surface area contributed by atoms with Crippen LogP contribution in [0.2, 0.25) is 0 Å². The van der Waals surface area contributed by atoms with Gasteiger partial charge < -0.3 is 5.32 Å². The lowest BCUT2D eigenvalue weighted by atomic mass is 10.2. The highest BCUT2D eigenvalue weighted by molar-refractivity contribution is 9.10. The Morgan fingerprint density at radius 1 is 1.26 bits per heavy atom. The van der Waals surface area contributed by atoms with Crippen LogP contribution in [0.5, 0.6) is 0 Å². The molecule has 0 spiro atoms. The van der Waals surface area contributed by atoms with Gasteiger partial charge in [0.1, 0.15) is 12.4 Å². The van der Waals surface area contributed by atoms with Gasteiger partial charge in [0.05, 0.1) is 5.39 Å². The number of carbonyl (C=O) groups excluding carboxylic acids is 1. The maximum absolute atomic E-state index is 13.7. The zero-order valence-electron chi connectivity index (χ0n) is 14.5. The normalized spacial score (nSPS) is 11.2. The molecule has 9 heteroatoms. The van der Waals surface area contributed by atoms with Crippen molar-refractivity contribution in [2.24, 2.45) is 0 Å². The van der Waals surface area contributed by atoms with Crippen molar-refractivity contribution in [2.75, 3.05) is 0 Å². The number of nitrogens with one attached hydrogen (secondary N) is 1. The van der Waals surface area contributed by atoms with Crippen LogP contribution in [0.3, 0.4) is 0 Å². The smallest absolute Gasteiger partial charge is 0.263 e. The Morgan fingerprint density at radius 3 is 2.67 bits per heavy atom. The second-order valence-corrected chi connectivity index (χ2v) is 7.12. The molecule has 0 fully saturated rings. The van der Waals surface area contributed by atoms with E-state index in [2.05, 4.69) is 31.2 Å². The van der Waals surface area contributed by atoms with Crippen molar-refractivity contribution in [3.05, 3.63) is 56.9 Å². The second kappa shape index (κ2) is 7.51. The first-order valence-electron chi connectivity index (χ1n) is 8.07. The number of fused-ring (bicyclic) bond motifs is 1. The molecule has 1 N–H and O–H groups in total. The fourth-order valence-electron chi connectivity index (χ4n) is 2.59. The first-order chi connectivity index (χ1) is 12.8. The highest BCUT2D eigenvalue weighted by Crippen LogP contribution is 2.21. The van der Waals surface area contributed by atoms with E-state index in [1.807, 2.05) is 0 Å². The molecule has 3 aromatic rings. The topological polar surface area (TPSA) is 76.9 Å². The largest absolute Gasteiger partial charge is 0.352 e. The zero-order chi connectivity index (χ0) is 19.7. The average Bonchev–Trinajstić information content (AvgIpc) is 2.59. The maximum atomic E-state index is 13.7. The van der Waals surface area contributed by atoms with E-state index in [1.165, 1.54) is 12.3 Å². The average molecular weight is 437 g/mol. The standard InChI is InChI=1S/C18H15BrF2N4O2/c1-9(2)23-15(26)8-25-17(10-3-4-13(20)14(21)5-10)24-16-12(18(25)27)6-11(19)7-22-16/h3-7,9H,8H2,1-2H3,(H,23,26). The number of carbonyl (C=O) groups is 1. The summed E-state index contributed by atoms with van der Waals surface area (Å²) in [5, 5.41) is 2.89. The molecule has 1 amide bonds. The van der Waals surface area contributed by atoms with Crippen LogP contribution in [0.15, 0.2) is 39.7 Å². The molecule has 0 aliphatic carbocycles. The molecule has 0 atom stereocenters. The number of benzene rings is 1. The number of hydrogen-bond acceptors (Lipinski definition) is 4. The minimum Gasteiger partial charge on any atom is -0.352 e. The van der Waals surface area contributed by atoms with Crippen molar-refractivity contribution in [3.63, 3.8) is 0 Å². The van der Waals surface area contributed by atoms with E-state index in [4.69, 9.17) is 0 Å². The van der Waals surface area contributed by atoms with E-state index in [0.29, 0.717) is 4.47 Å². The van der Waals surface area contributed by atoms with Gasteiger partial charge in [-0.1, -0.05) is 0 Å². The summed E-state index contributed by atoms with van der Waals surface area (Å²) in [5.74, 6) is -2.47. The second-order valence-electron chi connectivity index (χ2n) is 6.20. The van der Waals surface area contributed by atoms with Crippen LogP contribution in [0.1, 0.15) is 13.8 Å². The molecule has 1 aromatic carbocycles. The predicted molar refractivity (Wildman–Crippen MR) is 100 cm³/mol. The molecule has 2 aromatic heterocycles. The van der Waals surface area contributed by atoms with Gasteiger partial charge in [-0.05, 0) is 54.0 Å². The van der Waals surface area contributed by atoms with E-state index in [0.717, 1.165) is 16.7 Å². The fourth-order valence-corrected chi connectivity index (χ4v) is 2.93. The first kappa shape index (κ1) is 19.1. The molecule has 6 nitrogen and oxygen atoms in total. The molecule has 0 unspecified atom stereocenters. The maximum Gasteiger partial charge on any atom is 0.263 e. The minimum atomic E-state index is -1.08. The van der Waals surface area contributed by atoms with E-state index in [1.54, 1.807) is 19.9 Å². The SMILES string of the molecule is CC(C)NC(=O)Cn1c(-c2ccc(F)c(F)c2)nc2ncc(Br)cc2c1=O. The first-order valence-corrected chi connectivity index (χ1v) is 8.86. The van der Waals surface area contributed by atoms with Crippen LogP contribution in [-0.4, -0.2) is 26.5 Å². The fraction of sp³-hybridized carbons (Fsp3) is 0.222. The predicted octanol–water partition coefficient (Wildman–Crippen LogP) is 3.02. The molecule has 0 aliphatic rings. The Balaban J connectivity index is 2.24. The van der Waals surface area contributed by atoms with Crippen LogP contribution in [0, 0.1) is 11.6 Å². The van der Waals surface area contributed by atoms with Gasteiger partial charge in [0.2, 0.25) is 5.91 Å². The Morgan fingerprint density at radius 2 is 2.00 bits per heavy atom. The molecule has 0 saturated carbocycles. The summed E-state index contributed by atoms with van der Waals surface area (Å²) < 4.78 is 28.7. The van der Waals surface area contributed by atoms with E-state index >= 15 is 0 Å². The third kappa shape index (κ3) is 4.02. The number of halogens is 3.